The molecule has 0 fully saturated rings. The molecule has 0 N–H and O–H groups in total. The fourth-order valence-electron chi connectivity index (χ4n) is 1.06. The second kappa shape index (κ2) is 6.61. The van der Waals surface area contributed by atoms with Gasteiger partial charge in [-0.2, -0.15) is 0 Å². The number of carbonyl (C=O) groups is 1. The van der Waals surface area contributed by atoms with Crippen molar-refractivity contribution in [2.45, 2.75) is 26.2 Å². The van der Waals surface area contributed by atoms with Gasteiger partial charge in [-0.25, -0.2) is 0 Å². The second-order valence-corrected chi connectivity index (χ2v) is 2.88. The number of hydrogen-bond acceptors (Lipinski definition) is 2. The van der Waals surface area contributed by atoms with E-state index in [4.69, 9.17) is 0 Å². The molecule has 0 bridgehead atoms. The van der Waals surface area contributed by atoms with E-state index < -0.39 is 0 Å². The number of Topliss-reactive ketones (excluding diaryl/α,β-unsaturated/α-hetero) is 1. The first kappa shape index (κ1) is 12.1. The first-order valence-electron chi connectivity index (χ1n) is 4.18. The first-order valence-corrected chi connectivity index (χ1v) is 4.18. The van der Waals surface area contributed by atoms with E-state index in [9.17, 15) is 4.79 Å². The summed E-state index contributed by atoms with van der Waals surface area (Å²) in [4.78, 5) is 14.8. The summed E-state index contributed by atoms with van der Waals surface area (Å²) in [5, 5.41) is 0. The summed E-state index contributed by atoms with van der Waals surface area (Å²) in [7, 11) is 0. The highest BCUT2D eigenvalue weighted by molar-refractivity contribution is 5.85. The van der Waals surface area contributed by atoms with E-state index in [1.165, 1.54) is 0 Å². The molecule has 72 valence electrons. The molecule has 1 rings (SSSR count). The van der Waals surface area contributed by atoms with E-state index in [-0.39, 0.29) is 18.2 Å². The molecule has 0 aliphatic carbocycles. The Labute approximate surface area is 84.8 Å². The van der Waals surface area contributed by atoms with Crippen molar-refractivity contribution in [3.63, 3.8) is 0 Å². The lowest BCUT2D eigenvalue weighted by Gasteiger charge is -1.97. The molecule has 0 unspecified atom stereocenters. The minimum absolute atomic E-state index is 0. The topological polar surface area (TPSA) is 30.0 Å². The molecule has 0 atom stereocenters. The van der Waals surface area contributed by atoms with Crippen LogP contribution in [-0.2, 0) is 11.2 Å². The van der Waals surface area contributed by atoms with E-state index in [0.29, 0.717) is 6.42 Å². The Morgan fingerprint density at radius 3 is 2.77 bits per heavy atom. The molecular formula is C10H14ClNO. The van der Waals surface area contributed by atoms with Gasteiger partial charge in [0.1, 0.15) is 5.78 Å². The molecule has 0 aromatic carbocycles. The van der Waals surface area contributed by atoms with E-state index in [1.807, 2.05) is 18.2 Å². The average molecular weight is 200 g/mol. The van der Waals surface area contributed by atoms with Gasteiger partial charge >= 0.3 is 0 Å². The third-order valence-electron chi connectivity index (χ3n) is 1.69. The molecule has 0 aliphatic heterocycles. The van der Waals surface area contributed by atoms with Gasteiger partial charge in [0.2, 0.25) is 0 Å². The SMILES string of the molecule is CC(=O)CCCc1ccccn1.Cl. The van der Waals surface area contributed by atoms with Crippen LogP contribution in [0.5, 0.6) is 0 Å². The van der Waals surface area contributed by atoms with Gasteiger partial charge in [0.15, 0.2) is 0 Å². The highest BCUT2D eigenvalue weighted by Crippen LogP contribution is 2.00. The number of aromatic nitrogens is 1. The molecule has 0 radical (unpaired) electrons. The maximum Gasteiger partial charge on any atom is 0.129 e. The van der Waals surface area contributed by atoms with E-state index in [1.54, 1.807) is 13.1 Å². The van der Waals surface area contributed by atoms with Crippen molar-refractivity contribution in [1.82, 2.24) is 4.98 Å². The summed E-state index contributed by atoms with van der Waals surface area (Å²) in [6, 6.07) is 5.85. The molecule has 1 heterocycles. The molecule has 0 amide bonds. The predicted octanol–water partition coefficient (Wildman–Crippen LogP) is 2.42. The number of ketones is 1. The number of rotatable bonds is 4. The Bertz CT molecular complexity index is 248. The van der Waals surface area contributed by atoms with Gasteiger partial charge in [-0.05, 0) is 31.9 Å². The largest absolute Gasteiger partial charge is 0.300 e. The second-order valence-electron chi connectivity index (χ2n) is 2.88. The molecule has 0 saturated heterocycles. The number of pyridine rings is 1. The van der Waals surface area contributed by atoms with E-state index in [2.05, 4.69) is 4.98 Å². The number of halogens is 1. The monoisotopic (exact) mass is 199 g/mol. The molecule has 0 saturated carbocycles. The van der Waals surface area contributed by atoms with Crippen molar-refractivity contribution in [1.29, 1.82) is 0 Å². The molecule has 0 aliphatic rings. The Morgan fingerprint density at radius 2 is 2.23 bits per heavy atom. The molecule has 2 nitrogen and oxygen atoms in total. The van der Waals surface area contributed by atoms with Crippen molar-refractivity contribution in [3.05, 3.63) is 30.1 Å². The molecule has 3 heteroatoms. The standard InChI is InChI=1S/C10H13NO.ClH/c1-9(12)5-4-7-10-6-2-3-8-11-10;/h2-3,6,8H,4-5,7H2,1H3;1H. The summed E-state index contributed by atoms with van der Waals surface area (Å²) in [5.41, 5.74) is 1.07. The Hall–Kier alpha value is -0.890. The summed E-state index contributed by atoms with van der Waals surface area (Å²) in [6.07, 6.45) is 4.26. The third-order valence-corrected chi connectivity index (χ3v) is 1.69. The maximum absolute atomic E-state index is 10.6. The normalized spacial score (nSPS) is 9.00. The summed E-state index contributed by atoms with van der Waals surface area (Å²) >= 11 is 0. The molecule has 13 heavy (non-hydrogen) atoms. The van der Waals surface area contributed by atoms with Crippen LogP contribution in [0.25, 0.3) is 0 Å². The molecule has 1 aromatic heterocycles. The van der Waals surface area contributed by atoms with Gasteiger partial charge in [-0.3, -0.25) is 4.98 Å². The maximum atomic E-state index is 10.6. The lowest BCUT2D eigenvalue weighted by Crippen LogP contribution is -1.93. The predicted molar refractivity (Wildman–Crippen MR) is 55.1 cm³/mol. The fourth-order valence-corrected chi connectivity index (χ4v) is 1.06. The van der Waals surface area contributed by atoms with Crippen LogP contribution in [-0.4, -0.2) is 10.8 Å². The number of nitrogens with zero attached hydrogens (tertiary/aromatic N) is 1. The van der Waals surface area contributed by atoms with Crippen molar-refractivity contribution in [2.24, 2.45) is 0 Å². The number of carbonyl (C=O) groups excluding carboxylic acids is 1. The van der Waals surface area contributed by atoms with Crippen molar-refractivity contribution < 1.29 is 4.79 Å². The zero-order valence-electron chi connectivity index (χ0n) is 7.69. The zero-order valence-corrected chi connectivity index (χ0v) is 8.51. The van der Waals surface area contributed by atoms with Crippen LogP contribution in [0.4, 0.5) is 0 Å². The minimum atomic E-state index is 0. The van der Waals surface area contributed by atoms with Gasteiger partial charge in [0.05, 0.1) is 0 Å². The summed E-state index contributed by atoms with van der Waals surface area (Å²) in [6.45, 7) is 1.62. The third kappa shape index (κ3) is 5.36. The van der Waals surface area contributed by atoms with Crippen LogP contribution >= 0.6 is 12.4 Å². The minimum Gasteiger partial charge on any atom is -0.300 e. The summed E-state index contributed by atoms with van der Waals surface area (Å²) in [5.74, 6) is 0.255. The van der Waals surface area contributed by atoms with Gasteiger partial charge in [-0.1, -0.05) is 6.07 Å². The average Bonchev–Trinajstić information content (AvgIpc) is 2.05. The van der Waals surface area contributed by atoms with Crippen LogP contribution in [0.3, 0.4) is 0 Å². The Balaban J connectivity index is 0.00000144. The fraction of sp³-hybridized carbons (Fsp3) is 0.400. The lowest BCUT2D eigenvalue weighted by atomic mass is 10.1. The van der Waals surface area contributed by atoms with Crippen molar-refractivity contribution in [3.8, 4) is 0 Å². The number of hydrogen-bond donors (Lipinski definition) is 0. The summed E-state index contributed by atoms with van der Waals surface area (Å²) < 4.78 is 0. The zero-order chi connectivity index (χ0) is 8.81. The van der Waals surface area contributed by atoms with E-state index >= 15 is 0 Å². The van der Waals surface area contributed by atoms with Crippen LogP contribution in [0, 0.1) is 0 Å². The van der Waals surface area contributed by atoms with Gasteiger partial charge in [-0.15, -0.1) is 12.4 Å². The molecular weight excluding hydrogens is 186 g/mol. The van der Waals surface area contributed by atoms with Crippen molar-refractivity contribution >= 4 is 18.2 Å². The van der Waals surface area contributed by atoms with Crippen LogP contribution in [0.15, 0.2) is 24.4 Å². The van der Waals surface area contributed by atoms with Crippen LogP contribution in [0.2, 0.25) is 0 Å². The van der Waals surface area contributed by atoms with Crippen LogP contribution in [0.1, 0.15) is 25.5 Å². The number of aryl methyl sites for hydroxylation is 1. The highest BCUT2D eigenvalue weighted by Gasteiger charge is 1.95. The van der Waals surface area contributed by atoms with Gasteiger partial charge in [0, 0.05) is 18.3 Å². The first-order chi connectivity index (χ1) is 5.79. The molecule has 1 aromatic rings. The molecule has 0 spiro atoms. The lowest BCUT2D eigenvalue weighted by molar-refractivity contribution is -0.117. The van der Waals surface area contributed by atoms with Crippen LogP contribution < -0.4 is 0 Å². The quantitative estimate of drug-likeness (QED) is 0.746. The smallest absolute Gasteiger partial charge is 0.129 e. The van der Waals surface area contributed by atoms with Crippen molar-refractivity contribution in [2.75, 3.05) is 0 Å². The Kier molecular flexibility index (Phi) is 6.15. The Morgan fingerprint density at radius 1 is 1.46 bits per heavy atom. The van der Waals surface area contributed by atoms with Gasteiger partial charge in [0.25, 0.3) is 0 Å². The highest BCUT2D eigenvalue weighted by atomic mass is 35.5. The van der Waals surface area contributed by atoms with Gasteiger partial charge < -0.3 is 4.79 Å². The van der Waals surface area contributed by atoms with E-state index in [0.717, 1.165) is 18.5 Å².